The molecule has 1 N–H and O–H groups in total. The molecule has 2 aromatic rings. The number of benzene rings is 1. The molecule has 0 aliphatic carbocycles. The number of nitrogens with zero attached hydrogens (tertiary/aromatic N) is 3. The zero-order valence-corrected chi connectivity index (χ0v) is 11.5. The van der Waals surface area contributed by atoms with E-state index in [9.17, 15) is 9.18 Å². The Morgan fingerprint density at radius 1 is 1.25 bits per heavy atom. The molecule has 0 bridgehead atoms. The molecule has 1 heterocycles. The van der Waals surface area contributed by atoms with E-state index in [0.717, 1.165) is 0 Å². The van der Waals surface area contributed by atoms with Crippen LogP contribution in [0.5, 0.6) is 0 Å². The van der Waals surface area contributed by atoms with Crippen molar-refractivity contribution < 1.29 is 9.18 Å². The molecule has 0 fully saturated rings. The van der Waals surface area contributed by atoms with Gasteiger partial charge in [0.15, 0.2) is 0 Å². The van der Waals surface area contributed by atoms with Crippen LogP contribution in [-0.4, -0.2) is 26.9 Å². The van der Waals surface area contributed by atoms with Gasteiger partial charge in [-0.25, -0.2) is 4.39 Å². The second kappa shape index (κ2) is 6.27. The summed E-state index contributed by atoms with van der Waals surface area (Å²) in [5.41, 5.74) is 0.436. The minimum atomic E-state index is -0.359. The second-order valence-corrected chi connectivity index (χ2v) is 4.91. The molecular weight excluding hydrogens is 259 g/mol. The molecule has 0 saturated heterocycles. The monoisotopic (exact) mass is 276 g/mol. The third-order valence-corrected chi connectivity index (χ3v) is 3.05. The van der Waals surface area contributed by atoms with Crippen molar-refractivity contribution in [2.75, 3.05) is 0 Å². The molecule has 6 heteroatoms. The minimum absolute atomic E-state index is 0.0973. The van der Waals surface area contributed by atoms with Crippen LogP contribution in [-0.2, 0) is 6.54 Å². The van der Waals surface area contributed by atoms with Gasteiger partial charge in [0.25, 0.3) is 5.91 Å². The Hall–Kier alpha value is -2.24. The summed E-state index contributed by atoms with van der Waals surface area (Å²) in [4.78, 5) is 13.7. The number of hydrogen-bond acceptors (Lipinski definition) is 3. The van der Waals surface area contributed by atoms with Gasteiger partial charge in [-0.15, -0.1) is 0 Å². The molecule has 106 valence electrons. The van der Waals surface area contributed by atoms with E-state index in [1.807, 2.05) is 13.8 Å². The number of rotatable bonds is 5. The van der Waals surface area contributed by atoms with E-state index in [2.05, 4.69) is 15.5 Å². The number of hydrogen-bond donors (Lipinski definition) is 1. The molecule has 20 heavy (non-hydrogen) atoms. The Morgan fingerprint density at radius 2 is 1.85 bits per heavy atom. The van der Waals surface area contributed by atoms with Gasteiger partial charge in [-0.2, -0.15) is 15.0 Å². The molecule has 0 aliphatic rings. The van der Waals surface area contributed by atoms with E-state index in [4.69, 9.17) is 0 Å². The Labute approximate surface area is 116 Å². The van der Waals surface area contributed by atoms with Crippen LogP contribution in [0.4, 0.5) is 4.39 Å². The first-order valence-electron chi connectivity index (χ1n) is 6.47. The lowest BCUT2D eigenvalue weighted by Crippen LogP contribution is -2.42. The Bertz CT molecular complexity index is 551. The molecule has 0 aliphatic heterocycles. The Morgan fingerprint density at radius 3 is 2.40 bits per heavy atom. The van der Waals surface area contributed by atoms with Crippen LogP contribution >= 0.6 is 0 Å². The van der Waals surface area contributed by atoms with Gasteiger partial charge in [-0.3, -0.25) is 4.79 Å². The van der Waals surface area contributed by atoms with E-state index in [1.165, 1.54) is 29.1 Å². The zero-order valence-electron chi connectivity index (χ0n) is 11.5. The summed E-state index contributed by atoms with van der Waals surface area (Å²) >= 11 is 0. The number of nitrogens with one attached hydrogen (secondary N) is 1. The SMILES string of the molecule is CC(C)C(Cn1nccn1)NC(=O)c1ccc(F)cc1. The smallest absolute Gasteiger partial charge is 0.251 e. The average Bonchev–Trinajstić information content (AvgIpc) is 2.91. The fourth-order valence-electron chi connectivity index (χ4n) is 1.79. The second-order valence-electron chi connectivity index (χ2n) is 4.91. The fourth-order valence-corrected chi connectivity index (χ4v) is 1.79. The normalized spacial score (nSPS) is 12.4. The summed E-state index contributed by atoms with van der Waals surface area (Å²) in [7, 11) is 0. The van der Waals surface area contributed by atoms with Crippen molar-refractivity contribution in [3.8, 4) is 0 Å². The molecule has 0 spiro atoms. The van der Waals surface area contributed by atoms with Crippen molar-refractivity contribution in [3.05, 3.63) is 48.0 Å². The highest BCUT2D eigenvalue weighted by Gasteiger charge is 2.18. The molecule has 1 atom stereocenters. The molecule has 0 radical (unpaired) electrons. The first-order valence-corrected chi connectivity index (χ1v) is 6.47. The van der Waals surface area contributed by atoms with Crippen molar-refractivity contribution in [1.82, 2.24) is 20.3 Å². The largest absolute Gasteiger partial charge is 0.347 e. The number of carbonyl (C=O) groups excluding carboxylic acids is 1. The maximum Gasteiger partial charge on any atom is 0.251 e. The van der Waals surface area contributed by atoms with Crippen molar-refractivity contribution in [2.24, 2.45) is 5.92 Å². The summed E-state index contributed by atoms with van der Waals surface area (Å²) < 4.78 is 12.8. The van der Waals surface area contributed by atoms with Crippen LogP contribution in [0.2, 0.25) is 0 Å². The highest BCUT2D eigenvalue weighted by atomic mass is 19.1. The first kappa shape index (κ1) is 14.2. The summed E-state index contributed by atoms with van der Waals surface area (Å²) in [6.07, 6.45) is 3.19. The van der Waals surface area contributed by atoms with Crippen LogP contribution in [0.25, 0.3) is 0 Å². The van der Waals surface area contributed by atoms with Crippen molar-refractivity contribution in [1.29, 1.82) is 0 Å². The first-order chi connectivity index (χ1) is 9.56. The number of amides is 1. The van der Waals surface area contributed by atoms with Gasteiger partial charge in [-0.1, -0.05) is 13.8 Å². The van der Waals surface area contributed by atoms with Crippen molar-refractivity contribution in [2.45, 2.75) is 26.4 Å². The van der Waals surface area contributed by atoms with E-state index in [-0.39, 0.29) is 23.7 Å². The van der Waals surface area contributed by atoms with Gasteiger partial charge in [0.1, 0.15) is 5.82 Å². The van der Waals surface area contributed by atoms with Gasteiger partial charge in [0.05, 0.1) is 25.0 Å². The molecule has 1 amide bonds. The molecule has 1 aromatic heterocycles. The predicted molar refractivity (Wildman–Crippen MR) is 72.5 cm³/mol. The zero-order chi connectivity index (χ0) is 14.5. The molecule has 5 nitrogen and oxygen atoms in total. The molecule has 2 rings (SSSR count). The van der Waals surface area contributed by atoms with Crippen LogP contribution in [0.3, 0.4) is 0 Å². The van der Waals surface area contributed by atoms with Crippen LogP contribution in [0.1, 0.15) is 24.2 Å². The van der Waals surface area contributed by atoms with E-state index in [0.29, 0.717) is 12.1 Å². The van der Waals surface area contributed by atoms with Crippen LogP contribution in [0, 0.1) is 11.7 Å². The molecule has 1 unspecified atom stereocenters. The van der Waals surface area contributed by atoms with Gasteiger partial charge >= 0.3 is 0 Å². The van der Waals surface area contributed by atoms with Crippen LogP contribution < -0.4 is 5.32 Å². The van der Waals surface area contributed by atoms with Gasteiger partial charge in [-0.05, 0) is 30.2 Å². The van der Waals surface area contributed by atoms with E-state index >= 15 is 0 Å². The van der Waals surface area contributed by atoms with Crippen LogP contribution in [0.15, 0.2) is 36.7 Å². The van der Waals surface area contributed by atoms with Crippen molar-refractivity contribution >= 4 is 5.91 Å². The Balaban J connectivity index is 2.04. The third-order valence-electron chi connectivity index (χ3n) is 3.05. The number of halogens is 1. The summed E-state index contributed by atoms with van der Waals surface area (Å²) in [5.74, 6) is -0.357. The molecular formula is C14H17FN4O. The minimum Gasteiger partial charge on any atom is -0.347 e. The van der Waals surface area contributed by atoms with Gasteiger partial charge in [0.2, 0.25) is 0 Å². The third kappa shape index (κ3) is 3.63. The lowest BCUT2D eigenvalue weighted by Gasteiger charge is -2.21. The molecule has 1 aromatic carbocycles. The van der Waals surface area contributed by atoms with E-state index < -0.39 is 0 Å². The fraction of sp³-hybridized carbons (Fsp3) is 0.357. The summed E-state index contributed by atoms with van der Waals surface area (Å²) in [6.45, 7) is 4.52. The summed E-state index contributed by atoms with van der Waals surface area (Å²) in [6, 6.07) is 5.38. The molecule has 0 saturated carbocycles. The quantitative estimate of drug-likeness (QED) is 0.907. The predicted octanol–water partition coefficient (Wildman–Crippen LogP) is 1.87. The Kier molecular flexibility index (Phi) is 4.45. The van der Waals surface area contributed by atoms with Gasteiger partial charge in [0, 0.05) is 5.56 Å². The van der Waals surface area contributed by atoms with Crippen molar-refractivity contribution in [3.63, 3.8) is 0 Å². The lowest BCUT2D eigenvalue weighted by molar-refractivity contribution is 0.0918. The number of carbonyl (C=O) groups is 1. The lowest BCUT2D eigenvalue weighted by atomic mass is 10.0. The standard InChI is InChI=1S/C14H17FN4O/c1-10(2)13(9-19-16-7-8-17-19)18-14(20)11-3-5-12(15)6-4-11/h3-8,10,13H,9H2,1-2H3,(H,18,20). The topological polar surface area (TPSA) is 59.8 Å². The maximum absolute atomic E-state index is 12.8. The van der Waals surface area contributed by atoms with Gasteiger partial charge < -0.3 is 5.32 Å². The summed E-state index contributed by atoms with van der Waals surface area (Å²) in [5, 5.41) is 11.0. The van der Waals surface area contributed by atoms with E-state index in [1.54, 1.807) is 12.4 Å². The highest BCUT2D eigenvalue weighted by molar-refractivity contribution is 5.94. The number of aromatic nitrogens is 3. The maximum atomic E-state index is 12.8. The highest BCUT2D eigenvalue weighted by Crippen LogP contribution is 2.07. The average molecular weight is 276 g/mol.